The van der Waals surface area contributed by atoms with Gasteiger partial charge in [-0.1, -0.05) is 15.9 Å². The number of nitrogens with zero attached hydrogens (tertiary/aromatic N) is 1. The predicted octanol–water partition coefficient (Wildman–Crippen LogP) is 3.03. The number of benzene rings is 1. The molecule has 4 nitrogen and oxygen atoms in total. The lowest BCUT2D eigenvalue weighted by Gasteiger charge is -2.16. The third-order valence-corrected chi connectivity index (χ3v) is 4.17. The van der Waals surface area contributed by atoms with Gasteiger partial charge in [0.25, 0.3) is 0 Å². The maximum Gasteiger partial charge on any atom is 0.325 e. The van der Waals surface area contributed by atoms with E-state index in [2.05, 4.69) is 37.9 Å². The van der Waals surface area contributed by atoms with Crippen molar-refractivity contribution in [1.82, 2.24) is 9.88 Å². The molecule has 0 spiro atoms. The molecule has 114 valence electrons. The van der Waals surface area contributed by atoms with Crippen LogP contribution in [0.1, 0.15) is 18.2 Å². The molecule has 0 saturated heterocycles. The number of ether oxygens (including phenoxy) is 1. The molecule has 0 unspecified atom stereocenters. The van der Waals surface area contributed by atoms with E-state index in [1.54, 1.807) is 0 Å². The monoisotopic (exact) mass is 372 g/mol. The number of carbonyl (C=O) groups excluding carboxylic acids is 1. The molecule has 0 fully saturated rings. The molecule has 0 radical (unpaired) electrons. The molecule has 6 heteroatoms. The van der Waals surface area contributed by atoms with Crippen LogP contribution in [0.4, 0.5) is 0 Å². The molecule has 3 rings (SSSR count). The highest BCUT2D eigenvalue weighted by atomic mass is 79.9. The van der Waals surface area contributed by atoms with Gasteiger partial charge in [-0.15, -0.1) is 12.4 Å². The van der Waals surface area contributed by atoms with Crippen LogP contribution in [0.3, 0.4) is 0 Å². The summed E-state index contributed by atoms with van der Waals surface area (Å²) < 4.78 is 8.26. The molecular weight excluding hydrogens is 356 g/mol. The van der Waals surface area contributed by atoms with Crippen molar-refractivity contribution >= 4 is 45.2 Å². The molecule has 21 heavy (non-hydrogen) atoms. The van der Waals surface area contributed by atoms with Crippen LogP contribution < -0.4 is 5.32 Å². The molecule has 0 atom stereocenters. The quantitative estimate of drug-likeness (QED) is 0.841. The van der Waals surface area contributed by atoms with Crippen molar-refractivity contribution in [2.75, 3.05) is 13.2 Å². The smallest absolute Gasteiger partial charge is 0.325 e. The van der Waals surface area contributed by atoms with Gasteiger partial charge in [0, 0.05) is 40.6 Å². The van der Waals surface area contributed by atoms with E-state index in [1.807, 2.05) is 13.0 Å². The van der Waals surface area contributed by atoms with Gasteiger partial charge in [-0.2, -0.15) is 0 Å². The Labute approximate surface area is 138 Å². The molecule has 2 aromatic rings. The van der Waals surface area contributed by atoms with Gasteiger partial charge >= 0.3 is 5.97 Å². The maximum atomic E-state index is 11.8. The van der Waals surface area contributed by atoms with Gasteiger partial charge in [0.1, 0.15) is 6.54 Å². The first-order valence-electron chi connectivity index (χ1n) is 6.86. The SMILES string of the molecule is CCOC(=O)Cn1c2c(c3cc(Br)ccc31)CNCC2.Cl. The Morgan fingerprint density at radius 2 is 2.29 bits per heavy atom. The largest absolute Gasteiger partial charge is 0.465 e. The Kier molecular flexibility index (Phi) is 5.30. The van der Waals surface area contributed by atoms with E-state index in [-0.39, 0.29) is 18.4 Å². The van der Waals surface area contributed by atoms with E-state index in [9.17, 15) is 4.79 Å². The Balaban J connectivity index is 0.00000161. The highest BCUT2D eigenvalue weighted by Crippen LogP contribution is 2.30. The number of fused-ring (bicyclic) bond motifs is 3. The molecule has 0 saturated carbocycles. The van der Waals surface area contributed by atoms with Crippen LogP contribution in [0.15, 0.2) is 22.7 Å². The maximum absolute atomic E-state index is 11.8. The number of rotatable bonds is 3. The van der Waals surface area contributed by atoms with Gasteiger partial charge in [0.15, 0.2) is 0 Å². The summed E-state index contributed by atoms with van der Waals surface area (Å²) in [6.45, 7) is 4.36. The van der Waals surface area contributed by atoms with Crippen molar-refractivity contribution < 1.29 is 9.53 Å². The molecular formula is C15H18BrClN2O2. The Hall–Kier alpha value is -1.04. The van der Waals surface area contributed by atoms with Crippen LogP contribution in [0.5, 0.6) is 0 Å². The molecule has 1 aliphatic heterocycles. The number of aromatic nitrogens is 1. The second-order valence-electron chi connectivity index (χ2n) is 4.90. The Bertz CT molecular complexity index is 669. The van der Waals surface area contributed by atoms with Crippen LogP contribution in [-0.4, -0.2) is 23.7 Å². The molecule has 0 amide bonds. The highest BCUT2D eigenvalue weighted by Gasteiger charge is 2.21. The van der Waals surface area contributed by atoms with Crippen LogP contribution >= 0.6 is 28.3 Å². The second-order valence-corrected chi connectivity index (χ2v) is 5.82. The van der Waals surface area contributed by atoms with E-state index in [0.29, 0.717) is 13.2 Å². The van der Waals surface area contributed by atoms with Gasteiger partial charge in [-0.05, 0) is 30.7 Å². The third-order valence-electron chi connectivity index (χ3n) is 3.68. The van der Waals surface area contributed by atoms with E-state index in [4.69, 9.17) is 4.74 Å². The summed E-state index contributed by atoms with van der Waals surface area (Å²) in [5.74, 6) is -0.173. The zero-order chi connectivity index (χ0) is 14.1. The minimum atomic E-state index is -0.173. The first-order chi connectivity index (χ1) is 9.70. The van der Waals surface area contributed by atoms with Crippen molar-refractivity contribution in [2.45, 2.75) is 26.4 Å². The van der Waals surface area contributed by atoms with Gasteiger partial charge in [0.05, 0.1) is 6.61 Å². The summed E-state index contributed by atoms with van der Waals surface area (Å²) in [6, 6.07) is 6.21. The van der Waals surface area contributed by atoms with Gasteiger partial charge < -0.3 is 14.6 Å². The summed E-state index contributed by atoms with van der Waals surface area (Å²) in [6.07, 6.45) is 0.945. The molecule has 0 aliphatic carbocycles. The lowest BCUT2D eigenvalue weighted by atomic mass is 10.1. The van der Waals surface area contributed by atoms with E-state index in [1.165, 1.54) is 16.6 Å². The number of halogens is 2. The Morgan fingerprint density at radius 1 is 1.48 bits per heavy atom. The lowest BCUT2D eigenvalue weighted by Crippen LogP contribution is -2.25. The van der Waals surface area contributed by atoms with Gasteiger partial charge in [0.2, 0.25) is 0 Å². The average Bonchev–Trinajstić information content (AvgIpc) is 2.74. The van der Waals surface area contributed by atoms with Gasteiger partial charge in [-0.25, -0.2) is 0 Å². The Morgan fingerprint density at radius 3 is 3.05 bits per heavy atom. The second kappa shape index (κ2) is 6.81. The first kappa shape index (κ1) is 16.3. The van der Waals surface area contributed by atoms with Crippen molar-refractivity contribution in [3.8, 4) is 0 Å². The van der Waals surface area contributed by atoms with Gasteiger partial charge in [-0.3, -0.25) is 4.79 Å². The highest BCUT2D eigenvalue weighted by molar-refractivity contribution is 9.10. The fraction of sp³-hybridized carbons (Fsp3) is 0.400. The van der Waals surface area contributed by atoms with Crippen LogP contribution in [0, 0.1) is 0 Å². The molecule has 1 aromatic heterocycles. The van der Waals surface area contributed by atoms with Crippen LogP contribution in [0.2, 0.25) is 0 Å². The predicted molar refractivity (Wildman–Crippen MR) is 88.9 cm³/mol. The number of carbonyl (C=O) groups is 1. The number of hydrogen-bond donors (Lipinski definition) is 1. The molecule has 2 heterocycles. The molecule has 0 bridgehead atoms. The van der Waals surface area contributed by atoms with E-state index in [0.717, 1.165) is 29.5 Å². The molecule has 1 N–H and O–H groups in total. The van der Waals surface area contributed by atoms with Crippen molar-refractivity contribution in [1.29, 1.82) is 0 Å². The summed E-state index contributed by atoms with van der Waals surface area (Å²) in [7, 11) is 0. The number of hydrogen-bond acceptors (Lipinski definition) is 3. The van der Waals surface area contributed by atoms with Crippen molar-refractivity contribution in [3.63, 3.8) is 0 Å². The summed E-state index contributed by atoms with van der Waals surface area (Å²) in [4.78, 5) is 11.8. The minimum absolute atomic E-state index is 0. The zero-order valence-electron chi connectivity index (χ0n) is 11.8. The minimum Gasteiger partial charge on any atom is -0.465 e. The summed E-state index contributed by atoms with van der Waals surface area (Å²) in [5.41, 5.74) is 3.66. The standard InChI is InChI=1S/C15H17BrN2O2.ClH/c1-2-20-15(19)9-18-13-4-3-10(16)7-11(13)12-8-17-6-5-14(12)18;/h3-4,7,17H,2,5-6,8-9H2,1H3;1H. The average molecular weight is 374 g/mol. The van der Waals surface area contributed by atoms with Crippen molar-refractivity contribution in [3.05, 3.63) is 33.9 Å². The third kappa shape index (κ3) is 3.10. The van der Waals surface area contributed by atoms with Crippen molar-refractivity contribution in [2.24, 2.45) is 0 Å². The molecule has 1 aromatic carbocycles. The first-order valence-corrected chi connectivity index (χ1v) is 7.66. The van der Waals surface area contributed by atoms with E-state index >= 15 is 0 Å². The fourth-order valence-electron chi connectivity index (χ4n) is 2.87. The number of nitrogens with one attached hydrogen (secondary N) is 1. The lowest BCUT2D eigenvalue weighted by molar-refractivity contribution is -0.143. The van der Waals surface area contributed by atoms with Crippen LogP contribution in [-0.2, 0) is 29.0 Å². The van der Waals surface area contributed by atoms with Crippen LogP contribution in [0.25, 0.3) is 10.9 Å². The zero-order valence-corrected chi connectivity index (χ0v) is 14.2. The summed E-state index contributed by atoms with van der Waals surface area (Å²) >= 11 is 3.52. The number of esters is 1. The fourth-order valence-corrected chi connectivity index (χ4v) is 3.23. The summed E-state index contributed by atoms with van der Waals surface area (Å²) in [5, 5.41) is 4.61. The normalized spacial score (nSPS) is 13.6. The van der Waals surface area contributed by atoms with E-state index < -0.39 is 0 Å². The topological polar surface area (TPSA) is 43.3 Å². The molecule has 1 aliphatic rings.